The second-order valence-corrected chi connectivity index (χ2v) is 9.95. The van der Waals surface area contributed by atoms with Gasteiger partial charge < -0.3 is 9.13 Å². The normalized spacial score (nSPS) is 14.6. The van der Waals surface area contributed by atoms with E-state index in [9.17, 15) is 0 Å². The summed E-state index contributed by atoms with van der Waals surface area (Å²) in [6.07, 6.45) is 14.1. The van der Waals surface area contributed by atoms with Gasteiger partial charge in [-0.1, -0.05) is 78.9 Å². The molecule has 0 N–H and O–H groups in total. The Labute approximate surface area is 209 Å². The molecule has 6 aromatic rings. The zero-order valence-electron chi connectivity index (χ0n) is 20.1. The Hall–Kier alpha value is -4.30. The Kier molecular flexibility index (Phi) is 4.21. The largest absolute Gasteiger partial charge is 0.309 e. The summed E-state index contributed by atoms with van der Waals surface area (Å²) >= 11 is 0. The van der Waals surface area contributed by atoms with E-state index in [-0.39, 0.29) is 0 Å². The van der Waals surface area contributed by atoms with E-state index < -0.39 is 0 Å². The minimum Gasteiger partial charge on any atom is -0.309 e. The molecule has 0 fully saturated rings. The van der Waals surface area contributed by atoms with Crippen molar-refractivity contribution < 1.29 is 0 Å². The highest BCUT2D eigenvalue weighted by Crippen LogP contribution is 2.37. The van der Waals surface area contributed by atoms with E-state index in [1.54, 1.807) is 0 Å². The molecular formula is C34H26N2. The smallest absolute Gasteiger partial charge is 0.0561 e. The summed E-state index contributed by atoms with van der Waals surface area (Å²) in [5.74, 6) is 0. The Morgan fingerprint density at radius 3 is 2.00 bits per heavy atom. The lowest BCUT2D eigenvalue weighted by Gasteiger charge is -2.18. The molecule has 2 aromatic heterocycles. The fourth-order valence-electron chi connectivity index (χ4n) is 6.53. The van der Waals surface area contributed by atoms with E-state index in [1.807, 2.05) is 0 Å². The number of hydrogen-bond acceptors (Lipinski definition) is 0. The van der Waals surface area contributed by atoms with Gasteiger partial charge in [-0.05, 0) is 72.2 Å². The Morgan fingerprint density at radius 2 is 1.25 bits per heavy atom. The van der Waals surface area contributed by atoms with Crippen molar-refractivity contribution in [2.24, 2.45) is 0 Å². The molecule has 0 amide bonds. The lowest BCUT2D eigenvalue weighted by molar-refractivity contribution is 0.952. The lowest BCUT2D eigenvalue weighted by atomic mass is 10.0. The van der Waals surface area contributed by atoms with Crippen LogP contribution in [0.25, 0.3) is 62.2 Å². The summed E-state index contributed by atoms with van der Waals surface area (Å²) in [6.45, 7) is 0. The predicted octanol–water partition coefficient (Wildman–Crippen LogP) is 7.04. The number of para-hydroxylation sites is 2. The van der Waals surface area contributed by atoms with E-state index in [0.717, 1.165) is 25.7 Å². The van der Waals surface area contributed by atoms with Crippen molar-refractivity contribution in [2.45, 2.75) is 25.7 Å². The average molecular weight is 463 g/mol. The number of rotatable bonds is 2. The van der Waals surface area contributed by atoms with E-state index in [2.05, 4.69) is 118 Å². The van der Waals surface area contributed by atoms with Crippen LogP contribution in [0, 0.1) is 0 Å². The fourth-order valence-corrected chi connectivity index (χ4v) is 6.53. The zero-order chi connectivity index (χ0) is 23.6. The highest BCUT2D eigenvalue weighted by molar-refractivity contribution is 6.11. The van der Waals surface area contributed by atoms with Gasteiger partial charge in [0.15, 0.2) is 0 Å². The molecule has 2 nitrogen and oxygen atoms in total. The maximum absolute atomic E-state index is 2.54. The molecule has 0 saturated heterocycles. The standard InChI is InChI=1S/C34H26N2/c1-5-17-28-24(13-1)25-14-2-6-18-29(25)35(28)32-21-9-11-23-12-10-22-33(34(23)32)36-30-19-7-3-15-26(30)27-16-4-8-20-31(27)36/h1-2,5-7,9-14,16-22H,3-4,8,15H2. The van der Waals surface area contributed by atoms with Gasteiger partial charge in [0.05, 0.1) is 22.4 Å². The number of allylic oxidation sites excluding steroid dienone is 1. The predicted molar refractivity (Wildman–Crippen MR) is 152 cm³/mol. The maximum atomic E-state index is 2.54. The molecule has 2 aliphatic rings. The van der Waals surface area contributed by atoms with Crippen molar-refractivity contribution in [3.63, 3.8) is 0 Å². The van der Waals surface area contributed by atoms with Crippen molar-refractivity contribution in [3.05, 3.63) is 113 Å². The topological polar surface area (TPSA) is 9.86 Å². The van der Waals surface area contributed by atoms with Gasteiger partial charge in [-0.25, -0.2) is 0 Å². The van der Waals surface area contributed by atoms with Crippen LogP contribution in [-0.2, 0) is 6.42 Å². The van der Waals surface area contributed by atoms with Gasteiger partial charge >= 0.3 is 0 Å². The van der Waals surface area contributed by atoms with Crippen molar-refractivity contribution >= 4 is 50.8 Å². The molecule has 2 aliphatic carbocycles. The summed E-state index contributed by atoms with van der Waals surface area (Å²) in [6, 6.07) is 31.1. The van der Waals surface area contributed by atoms with Crippen LogP contribution in [0.3, 0.4) is 0 Å². The first-order valence-electron chi connectivity index (χ1n) is 13.0. The third kappa shape index (κ3) is 2.67. The minimum atomic E-state index is 1.10. The third-order valence-electron chi connectivity index (χ3n) is 8.00. The molecule has 4 aromatic carbocycles. The first kappa shape index (κ1) is 19.9. The van der Waals surface area contributed by atoms with Crippen LogP contribution >= 0.6 is 0 Å². The number of nitrogens with zero attached hydrogens (tertiary/aromatic N) is 2. The summed E-state index contributed by atoms with van der Waals surface area (Å²) in [4.78, 5) is 0. The monoisotopic (exact) mass is 462 g/mol. The molecule has 2 heterocycles. The second kappa shape index (κ2) is 7.60. The second-order valence-electron chi connectivity index (χ2n) is 9.95. The molecule has 0 unspecified atom stereocenters. The highest BCUT2D eigenvalue weighted by Gasteiger charge is 2.21. The molecule has 0 bridgehead atoms. The quantitative estimate of drug-likeness (QED) is 0.261. The molecule has 2 heteroatoms. The van der Waals surface area contributed by atoms with Crippen molar-refractivity contribution in [1.29, 1.82) is 0 Å². The molecule has 8 rings (SSSR count). The molecule has 172 valence electrons. The molecule has 36 heavy (non-hydrogen) atoms. The Balaban J connectivity index is 1.55. The van der Waals surface area contributed by atoms with Gasteiger partial charge in [0.25, 0.3) is 0 Å². The van der Waals surface area contributed by atoms with Crippen molar-refractivity contribution in [1.82, 2.24) is 9.13 Å². The summed E-state index contributed by atoms with van der Waals surface area (Å²) < 4.78 is 5.00. The minimum absolute atomic E-state index is 1.10. The number of benzene rings is 4. The molecule has 0 aliphatic heterocycles. The fraction of sp³-hybridized carbons (Fsp3) is 0.118. The van der Waals surface area contributed by atoms with Gasteiger partial charge in [0, 0.05) is 27.2 Å². The third-order valence-corrected chi connectivity index (χ3v) is 8.00. The van der Waals surface area contributed by atoms with Crippen LogP contribution in [0.15, 0.2) is 91.0 Å². The first-order chi connectivity index (χ1) is 17.9. The highest BCUT2D eigenvalue weighted by atomic mass is 15.0. The zero-order valence-corrected chi connectivity index (χ0v) is 20.1. The van der Waals surface area contributed by atoms with Crippen LogP contribution in [0.2, 0.25) is 0 Å². The lowest BCUT2D eigenvalue weighted by Crippen LogP contribution is -2.31. The Morgan fingerprint density at radius 1 is 0.583 bits per heavy atom. The Bertz CT molecular complexity index is 1940. The van der Waals surface area contributed by atoms with Gasteiger partial charge in [-0.15, -0.1) is 0 Å². The summed E-state index contributed by atoms with van der Waals surface area (Å²) in [5.41, 5.74) is 7.85. The number of fused-ring (bicyclic) bond motifs is 7. The van der Waals surface area contributed by atoms with Crippen LogP contribution in [0.5, 0.6) is 0 Å². The SMILES string of the molecule is C1=Cc2c(c3c(n2-c2cccc4cccc(-n5c6ccccc6c6ccccc65)c24)=CCCC=3)CC1. The van der Waals surface area contributed by atoms with Crippen molar-refractivity contribution in [3.8, 4) is 11.4 Å². The molecular weight excluding hydrogens is 436 g/mol. The molecule has 0 saturated carbocycles. The number of aromatic nitrogens is 2. The van der Waals surface area contributed by atoms with Gasteiger partial charge in [-0.3, -0.25) is 0 Å². The number of hydrogen-bond donors (Lipinski definition) is 0. The van der Waals surface area contributed by atoms with Gasteiger partial charge in [0.1, 0.15) is 0 Å². The summed E-state index contributed by atoms with van der Waals surface area (Å²) in [7, 11) is 0. The van der Waals surface area contributed by atoms with Gasteiger partial charge in [-0.2, -0.15) is 0 Å². The first-order valence-corrected chi connectivity index (χ1v) is 13.0. The van der Waals surface area contributed by atoms with Crippen LogP contribution in [-0.4, -0.2) is 9.13 Å². The van der Waals surface area contributed by atoms with Crippen LogP contribution < -0.4 is 10.6 Å². The van der Waals surface area contributed by atoms with E-state index in [1.165, 1.54) is 65.8 Å². The maximum Gasteiger partial charge on any atom is 0.0561 e. The van der Waals surface area contributed by atoms with Gasteiger partial charge in [0.2, 0.25) is 0 Å². The molecule has 0 radical (unpaired) electrons. The van der Waals surface area contributed by atoms with Crippen LogP contribution in [0.1, 0.15) is 30.5 Å². The molecule has 0 spiro atoms. The van der Waals surface area contributed by atoms with Crippen molar-refractivity contribution in [2.75, 3.05) is 0 Å². The molecule has 0 atom stereocenters. The van der Waals surface area contributed by atoms with E-state index in [0.29, 0.717) is 0 Å². The van der Waals surface area contributed by atoms with E-state index >= 15 is 0 Å². The summed E-state index contributed by atoms with van der Waals surface area (Å²) in [5, 5.41) is 7.97. The average Bonchev–Trinajstić information content (AvgIpc) is 3.46. The van der Waals surface area contributed by atoms with Crippen LogP contribution in [0.4, 0.5) is 0 Å². The van der Waals surface area contributed by atoms with E-state index in [4.69, 9.17) is 0 Å².